The van der Waals surface area contributed by atoms with Crippen LogP contribution in [-0.4, -0.2) is 60.6 Å². The second-order valence-electron chi connectivity index (χ2n) is 9.03. The fourth-order valence-electron chi connectivity index (χ4n) is 4.55. The van der Waals surface area contributed by atoms with E-state index in [1.807, 2.05) is 17.4 Å². The van der Waals surface area contributed by atoms with Gasteiger partial charge >= 0.3 is 0 Å². The summed E-state index contributed by atoms with van der Waals surface area (Å²) in [5, 5.41) is 13.4. The van der Waals surface area contributed by atoms with Crippen LogP contribution in [0.15, 0.2) is 59.8 Å². The number of fused-ring (bicyclic) bond motifs is 2. The van der Waals surface area contributed by atoms with Gasteiger partial charge in [0, 0.05) is 57.3 Å². The number of aliphatic hydroxyl groups is 1. The van der Waals surface area contributed by atoms with Gasteiger partial charge in [-0.15, -0.1) is 0 Å². The highest BCUT2D eigenvalue weighted by Gasteiger charge is 2.21. The number of carbonyl (C=O) groups is 1. The zero-order chi connectivity index (χ0) is 24.5. The van der Waals surface area contributed by atoms with Gasteiger partial charge in [0.25, 0.3) is 5.91 Å². The highest BCUT2D eigenvalue weighted by Crippen LogP contribution is 2.20. The van der Waals surface area contributed by atoms with Crippen molar-refractivity contribution in [2.45, 2.75) is 26.0 Å². The van der Waals surface area contributed by atoms with Crippen LogP contribution in [0.2, 0.25) is 0 Å². The second-order valence-corrected chi connectivity index (χ2v) is 9.03. The molecule has 4 heterocycles. The van der Waals surface area contributed by atoms with E-state index in [2.05, 4.69) is 38.4 Å². The van der Waals surface area contributed by atoms with Crippen LogP contribution in [-0.2, 0) is 20.0 Å². The molecule has 1 amide bonds. The molecule has 9 heteroatoms. The smallest absolute Gasteiger partial charge is 0.271 e. The monoisotopic (exact) mass is 472 g/mol. The van der Waals surface area contributed by atoms with Gasteiger partial charge in [0.15, 0.2) is 5.65 Å². The summed E-state index contributed by atoms with van der Waals surface area (Å²) in [6.07, 6.45) is 5.41. The minimum Gasteiger partial charge on any atom is -0.390 e. The van der Waals surface area contributed by atoms with Gasteiger partial charge in [-0.2, -0.15) is 0 Å². The standard InChI is InChI=1S/C26H28N6O3/c1-17-25(29-23-12-27-22(16-32(17)23)20-7-8-24(34)30(2)13-20)26(35)28-11-21(33)15-31-10-9-18-5-3-4-6-19(18)14-31/h3-8,12-13,16,21,33H,9-11,14-15H2,1-2H3,(H,28,35)/t21-/m0/s1. The summed E-state index contributed by atoms with van der Waals surface area (Å²) in [4.78, 5) is 35.6. The molecule has 0 spiro atoms. The predicted molar refractivity (Wildman–Crippen MR) is 132 cm³/mol. The van der Waals surface area contributed by atoms with Crippen LogP contribution >= 0.6 is 0 Å². The highest BCUT2D eigenvalue weighted by atomic mass is 16.3. The molecule has 0 unspecified atom stereocenters. The Labute approximate surface area is 202 Å². The molecule has 5 rings (SSSR count). The quantitative estimate of drug-likeness (QED) is 0.441. The first-order valence-corrected chi connectivity index (χ1v) is 11.7. The number of carbonyl (C=O) groups excluding carboxylic acids is 1. The van der Waals surface area contributed by atoms with Gasteiger partial charge < -0.3 is 19.4 Å². The molecule has 0 bridgehead atoms. The molecule has 1 atom stereocenters. The fraction of sp³-hybridized carbons (Fsp3) is 0.308. The maximum absolute atomic E-state index is 12.9. The molecule has 3 aromatic heterocycles. The summed E-state index contributed by atoms with van der Waals surface area (Å²) in [5.74, 6) is -0.335. The second kappa shape index (κ2) is 9.44. The Morgan fingerprint density at radius 2 is 1.97 bits per heavy atom. The molecule has 1 aromatic carbocycles. The molecule has 4 aromatic rings. The van der Waals surface area contributed by atoms with E-state index < -0.39 is 6.10 Å². The molecule has 180 valence electrons. The van der Waals surface area contributed by atoms with Crippen LogP contribution in [0.4, 0.5) is 0 Å². The normalized spacial score (nSPS) is 14.6. The molecule has 0 saturated carbocycles. The lowest BCUT2D eigenvalue weighted by atomic mass is 10.00. The van der Waals surface area contributed by atoms with Crippen molar-refractivity contribution in [1.29, 1.82) is 0 Å². The minimum atomic E-state index is -0.681. The zero-order valence-electron chi connectivity index (χ0n) is 19.8. The molecule has 1 aliphatic rings. The number of imidazole rings is 1. The predicted octanol–water partition coefficient (Wildman–Crippen LogP) is 1.55. The zero-order valence-corrected chi connectivity index (χ0v) is 19.8. The van der Waals surface area contributed by atoms with Gasteiger partial charge in [-0.1, -0.05) is 24.3 Å². The maximum Gasteiger partial charge on any atom is 0.271 e. The van der Waals surface area contributed by atoms with Crippen LogP contribution in [0.25, 0.3) is 16.9 Å². The molecular formula is C26H28N6O3. The lowest BCUT2D eigenvalue weighted by Gasteiger charge is -2.30. The molecule has 1 aliphatic heterocycles. The summed E-state index contributed by atoms with van der Waals surface area (Å²) >= 11 is 0. The topological polar surface area (TPSA) is 105 Å². The third kappa shape index (κ3) is 4.73. The van der Waals surface area contributed by atoms with Gasteiger partial charge in [0.05, 0.1) is 23.7 Å². The third-order valence-corrected chi connectivity index (χ3v) is 6.52. The van der Waals surface area contributed by atoms with E-state index in [-0.39, 0.29) is 18.0 Å². The number of pyridine rings is 1. The summed E-state index contributed by atoms with van der Waals surface area (Å²) in [6, 6.07) is 11.6. The van der Waals surface area contributed by atoms with Gasteiger partial charge in [0.1, 0.15) is 5.69 Å². The minimum absolute atomic E-state index is 0.0973. The first-order valence-electron chi connectivity index (χ1n) is 11.7. The third-order valence-electron chi connectivity index (χ3n) is 6.52. The van der Waals surface area contributed by atoms with Crippen molar-refractivity contribution >= 4 is 11.6 Å². The first-order chi connectivity index (χ1) is 16.9. The number of rotatable bonds is 6. The molecule has 0 fully saturated rings. The number of β-amino-alcohol motifs (C(OH)–C–C–N with tert-alkyl or cyclic N) is 1. The number of aliphatic hydroxyl groups excluding tert-OH is 1. The highest BCUT2D eigenvalue weighted by molar-refractivity contribution is 5.94. The average molecular weight is 473 g/mol. The van der Waals surface area contributed by atoms with Gasteiger partial charge in [0.2, 0.25) is 5.56 Å². The van der Waals surface area contributed by atoms with Crippen molar-refractivity contribution in [3.8, 4) is 11.3 Å². The number of hydrogen-bond donors (Lipinski definition) is 2. The number of nitrogens with one attached hydrogen (secondary N) is 1. The van der Waals surface area contributed by atoms with Crippen LogP contribution in [0.5, 0.6) is 0 Å². The van der Waals surface area contributed by atoms with Gasteiger partial charge in [-0.25, -0.2) is 4.98 Å². The van der Waals surface area contributed by atoms with E-state index in [4.69, 9.17) is 0 Å². The van der Waals surface area contributed by atoms with Crippen molar-refractivity contribution in [3.05, 3.63) is 87.9 Å². The van der Waals surface area contributed by atoms with Crippen molar-refractivity contribution in [2.75, 3.05) is 19.6 Å². The number of benzene rings is 1. The summed E-state index contributed by atoms with van der Waals surface area (Å²) in [5.41, 5.74) is 5.53. The number of aryl methyl sites for hydroxylation is 2. The van der Waals surface area contributed by atoms with E-state index in [0.29, 0.717) is 29.3 Å². The largest absolute Gasteiger partial charge is 0.390 e. The van der Waals surface area contributed by atoms with E-state index >= 15 is 0 Å². The van der Waals surface area contributed by atoms with Crippen LogP contribution < -0.4 is 10.9 Å². The Hall–Kier alpha value is -3.82. The molecule has 0 saturated heterocycles. The van der Waals surface area contributed by atoms with Crippen LogP contribution in [0.3, 0.4) is 0 Å². The van der Waals surface area contributed by atoms with Crippen LogP contribution in [0, 0.1) is 6.92 Å². The lowest BCUT2D eigenvalue weighted by Crippen LogP contribution is -2.42. The molecule has 9 nitrogen and oxygen atoms in total. The van der Waals surface area contributed by atoms with E-state index in [1.165, 1.54) is 21.8 Å². The maximum atomic E-state index is 12.9. The van der Waals surface area contributed by atoms with Crippen molar-refractivity contribution < 1.29 is 9.90 Å². The lowest BCUT2D eigenvalue weighted by molar-refractivity contribution is 0.0838. The van der Waals surface area contributed by atoms with E-state index in [0.717, 1.165) is 25.1 Å². The number of aromatic nitrogens is 4. The molecule has 0 aliphatic carbocycles. The SMILES string of the molecule is Cc1c(C(=O)NC[C@H](O)CN2CCc3ccccc3C2)nc2cnc(-c3ccc(=O)n(C)c3)cn12. The van der Waals surface area contributed by atoms with E-state index in [1.54, 1.807) is 31.7 Å². The van der Waals surface area contributed by atoms with Crippen molar-refractivity contribution in [1.82, 2.24) is 29.2 Å². The van der Waals surface area contributed by atoms with Gasteiger partial charge in [-0.3, -0.25) is 19.5 Å². The van der Waals surface area contributed by atoms with Crippen molar-refractivity contribution in [2.24, 2.45) is 7.05 Å². The Morgan fingerprint density at radius 1 is 1.17 bits per heavy atom. The molecular weight excluding hydrogens is 444 g/mol. The first kappa shape index (κ1) is 22.9. The molecule has 35 heavy (non-hydrogen) atoms. The Bertz CT molecular complexity index is 1460. The molecule has 2 N–H and O–H groups in total. The Morgan fingerprint density at radius 3 is 2.77 bits per heavy atom. The summed E-state index contributed by atoms with van der Waals surface area (Å²) < 4.78 is 3.30. The average Bonchev–Trinajstić information content (AvgIpc) is 3.20. The molecule has 0 radical (unpaired) electrons. The van der Waals surface area contributed by atoms with Crippen LogP contribution in [0.1, 0.15) is 27.3 Å². The Kier molecular flexibility index (Phi) is 6.19. The number of nitrogens with zero attached hydrogens (tertiary/aromatic N) is 5. The number of amides is 1. The van der Waals surface area contributed by atoms with E-state index in [9.17, 15) is 14.7 Å². The number of hydrogen-bond acceptors (Lipinski definition) is 6. The van der Waals surface area contributed by atoms with Crippen molar-refractivity contribution in [3.63, 3.8) is 0 Å². The fourth-order valence-corrected chi connectivity index (χ4v) is 4.55. The van der Waals surface area contributed by atoms with Gasteiger partial charge in [-0.05, 0) is 30.5 Å². The Balaban J connectivity index is 1.24. The summed E-state index contributed by atoms with van der Waals surface area (Å²) in [7, 11) is 1.69. The summed E-state index contributed by atoms with van der Waals surface area (Å²) in [6.45, 7) is 4.15.